The van der Waals surface area contributed by atoms with Gasteiger partial charge in [0, 0.05) is 29.5 Å². The molecule has 2 aromatic rings. The highest BCUT2D eigenvalue weighted by Crippen LogP contribution is 2.33. The van der Waals surface area contributed by atoms with Crippen LogP contribution < -0.4 is 4.74 Å². The second-order valence-corrected chi connectivity index (χ2v) is 10.5. The minimum Gasteiger partial charge on any atom is -0.489 e. The number of nitrogens with zero attached hydrogens (tertiary/aromatic N) is 1. The van der Waals surface area contributed by atoms with E-state index < -0.39 is 0 Å². The molecule has 3 rings (SSSR count). The van der Waals surface area contributed by atoms with E-state index in [4.69, 9.17) is 4.74 Å². The number of aryl methyl sites for hydroxylation is 1. The lowest BCUT2D eigenvalue weighted by molar-refractivity contribution is -0.130. The second kappa shape index (κ2) is 9.51. The fourth-order valence-corrected chi connectivity index (χ4v) is 4.93. The Morgan fingerprint density at radius 1 is 1.07 bits per heavy atom. The van der Waals surface area contributed by atoms with E-state index in [1.165, 1.54) is 5.56 Å². The Bertz CT molecular complexity index is 752. The number of hydrogen-bond donors (Lipinski definition) is 0. The molecular weight excluding hydrogens is 366 g/mol. The van der Waals surface area contributed by atoms with Crippen molar-refractivity contribution in [3.8, 4) is 5.75 Å². The van der Waals surface area contributed by atoms with E-state index in [-0.39, 0.29) is 10.7 Å². The second-order valence-electron chi connectivity index (χ2n) is 8.40. The third-order valence-electron chi connectivity index (χ3n) is 4.82. The van der Waals surface area contributed by atoms with Crippen molar-refractivity contribution < 1.29 is 9.53 Å². The SMILES string of the molecule is CC(C)(C)S[C@H]1CCN(C(=O)CCc2ccc(OCc3ccccc3)cc2)C1. The molecule has 0 aromatic heterocycles. The van der Waals surface area contributed by atoms with Crippen LogP contribution in [0.5, 0.6) is 5.75 Å². The Kier molecular flexibility index (Phi) is 7.06. The number of rotatable bonds is 7. The molecule has 1 amide bonds. The maximum atomic E-state index is 12.5. The van der Waals surface area contributed by atoms with Crippen LogP contribution in [0.1, 0.15) is 44.7 Å². The van der Waals surface area contributed by atoms with Crippen LogP contribution in [0.2, 0.25) is 0 Å². The lowest BCUT2D eigenvalue weighted by atomic mass is 10.1. The van der Waals surface area contributed by atoms with Crippen LogP contribution in [0, 0.1) is 0 Å². The zero-order chi connectivity index (χ0) is 20.0. The molecule has 1 heterocycles. The van der Waals surface area contributed by atoms with Crippen LogP contribution in [-0.2, 0) is 17.8 Å². The standard InChI is InChI=1S/C24H31NO2S/c1-24(2,3)28-22-15-16-25(17-22)23(26)14-11-19-9-12-21(13-10-19)27-18-20-7-5-4-6-8-20/h4-10,12-13,22H,11,14-18H2,1-3H3/t22-/m0/s1. The van der Waals surface area contributed by atoms with Gasteiger partial charge in [-0.25, -0.2) is 0 Å². The summed E-state index contributed by atoms with van der Waals surface area (Å²) in [6.45, 7) is 9.10. The van der Waals surface area contributed by atoms with Gasteiger partial charge >= 0.3 is 0 Å². The molecule has 28 heavy (non-hydrogen) atoms. The van der Waals surface area contributed by atoms with Crippen molar-refractivity contribution in [1.82, 2.24) is 4.90 Å². The van der Waals surface area contributed by atoms with Crippen LogP contribution in [0.4, 0.5) is 0 Å². The van der Waals surface area contributed by atoms with Crippen molar-refractivity contribution >= 4 is 17.7 Å². The van der Waals surface area contributed by atoms with Gasteiger partial charge in [0.2, 0.25) is 5.91 Å². The predicted molar refractivity (Wildman–Crippen MR) is 118 cm³/mol. The third-order valence-corrected chi connectivity index (χ3v) is 6.24. The van der Waals surface area contributed by atoms with Crippen molar-refractivity contribution in [1.29, 1.82) is 0 Å². The van der Waals surface area contributed by atoms with E-state index in [0.29, 0.717) is 18.3 Å². The van der Waals surface area contributed by atoms with E-state index in [2.05, 4.69) is 45.0 Å². The summed E-state index contributed by atoms with van der Waals surface area (Å²) in [4.78, 5) is 14.6. The molecule has 0 N–H and O–H groups in total. The molecule has 2 aromatic carbocycles. The number of carbonyl (C=O) groups excluding carboxylic acids is 1. The first-order chi connectivity index (χ1) is 13.4. The van der Waals surface area contributed by atoms with Crippen LogP contribution in [-0.4, -0.2) is 33.9 Å². The van der Waals surface area contributed by atoms with Gasteiger partial charge < -0.3 is 9.64 Å². The van der Waals surface area contributed by atoms with Gasteiger partial charge in [0.05, 0.1) is 0 Å². The molecule has 150 valence electrons. The van der Waals surface area contributed by atoms with Crippen molar-refractivity contribution in [2.45, 2.75) is 56.6 Å². The highest BCUT2D eigenvalue weighted by Gasteiger charge is 2.29. The van der Waals surface area contributed by atoms with Gasteiger partial charge in [0.15, 0.2) is 0 Å². The highest BCUT2D eigenvalue weighted by molar-refractivity contribution is 8.01. The van der Waals surface area contributed by atoms with E-state index in [1.807, 2.05) is 47.0 Å². The molecule has 0 radical (unpaired) electrons. The van der Waals surface area contributed by atoms with Gasteiger partial charge in [-0.15, -0.1) is 0 Å². The van der Waals surface area contributed by atoms with Crippen molar-refractivity contribution in [3.05, 3.63) is 65.7 Å². The monoisotopic (exact) mass is 397 g/mol. The van der Waals surface area contributed by atoms with Gasteiger partial charge in [0.1, 0.15) is 12.4 Å². The molecule has 0 bridgehead atoms. The Hall–Kier alpha value is -1.94. The molecule has 1 aliphatic rings. The molecule has 1 saturated heterocycles. The zero-order valence-corrected chi connectivity index (χ0v) is 18.0. The van der Waals surface area contributed by atoms with Crippen molar-refractivity contribution in [2.24, 2.45) is 0 Å². The fraction of sp³-hybridized carbons (Fsp3) is 0.458. The van der Waals surface area contributed by atoms with Crippen LogP contribution in [0.25, 0.3) is 0 Å². The first-order valence-electron chi connectivity index (χ1n) is 10.1. The summed E-state index contributed by atoms with van der Waals surface area (Å²) in [5, 5.41) is 0.574. The Morgan fingerprint density at radius 2 is 1.79 bits per heavy atom. The number of ether oxygens (including phenoxy) is 1. The van der Waals surface area contributed by atoms with Gasteiger partial charge in [-0.3, -0.25) is 4.79 Å². The summed E-state index contributed by atoms with van der Waals surface area (Å²) in [5.74, 6) is 1.14. The van der Waals surface area contributed by atoms with Crippen LogP contribution >= 0.6 is 11.8 Å². The first kappa shape index (κ1) is 20.8. The zero-order valence-electron chi connectivity index (χ0n) is 17.2. The molecule has 0 saturated carbocycles. The summed E-state index contributed by atoms with van der Waals surface area (Å²) < 4.78 is 6.09. The van der Waals surface area contributed by atoms with E-state index >= 15 is 0 Å². The summed E-state index contributed by atoms with van der Waals surface area (Å²) >= 11 is 2.00. The summed E-state index contributed by atoms with van der Waals surface area (Å²) in [6.07, 6.45) is 2.48. The first-order valence-corrected chi connectivity index (χ1v) is 11.0. The molecule has 3 nitrogen and oxygen atoms in total. The molecule has 0 aliphatic carbocycles. The Morgan fingerprint density at radius 3 is 2.46 bits per heavy atom. The number of benzene rings is 2. The lowest BCUT2D eigenvalue weighted by Gasteiger charge is -2.23. The predicted octanol–water partition coefficient (Wildman–Crippen LogP) is 5.33. The molecule has 4 heteroatoms. The van der Waals surface area contributed by atoms with E-state index in [0.717, 1.165) is 37.2 Å². The van der Waals surface area contributed by atoms with Crippen molar-refractivity contribution in [2.75, 3.05) is 13.1 Å². The average molecular weight is 398 g/mol. The largest absolute Gasteiger partial charge is 0.489 e. The number of amides is 1. The fourth-order valence-electron chi connectivity index (χ4n) is 3.45. The molecule has 1 atom stereocenters. The van der Waals surface area contributed by atoms with E-state index in [1.54, 1.807) is 0 Å². The number of hydrogen-bond acceptors (Lipinski definition) is 3. The minimum atomic E-state index is 0.258. The molecular formula is C24H31NO2S. The number of thioether (sulfide) groups is 1. The number of carbonyl (C=O) groups is 1. The summed E-state index contributed by atoms with van der Waals surface area (Å²) in [7, 11) is 0. The smallest absolute Gasteiger partial charge is 0.222 e. The lowest BCUT2D eigenvalue weighted by Crippen LogP contribution is -2.30. The average Bonchev–Trinajstić information content (AvgIpc) is 3.13. The minimum absolute atomic E-state index is 0.258. The van der Waals surface area contributed by atoms with Gasteiger partial charge in [-0.1, -0.05) is 63.2 Å². The third kappa shape index (κ3) is 6.59. The normalized spacial score (nSPS) is 17.0. The Labute approximate surface area is 173 Å². The molecule has 1 aliphatic heterocycles. The maximum absolute atomic E-state index is 12.5. The quantitative estimate of drug-likeness (QED) is 0.632. The molecule has 0 unspecified atom stereocenters. The highest BCUT2D eigenvalue weighted by atomic mass is 32.2. The van der Waals surface area contributed by atoms with E-state index in [9.17, 15) is 4.79 Å². The molecule has 1 fully saturated rings. The van der Waals surface area contributed by atoms with Crippen molar-refractivity contribution in [3.63, 3.8) is 0 Å². The van der Waals surface area contributed by atoms with Crippen LogP contribution in [0.3, 0.4) is 0 Å². The van der Waals surface area contributed by atoms with Gasteiger partial charge in [-0.05, 0) is 36.1 Å². The van der Waals surface area contributed by atoms with Gasteiger partial charge in [-0.2, -0.15) is 11.8 Å². The molecule has 0 spiro atoms. The summed E-state index contributed by atoms with van der Waals surface area (Å²) in [6, 6.07) is 18.3. The Balaban J connectivity index is 1.41. The topological polar surface area (TPSA) is 29.5 Å². The summed E-state index contributed by atoms with van der Waals surface area (Å²) in [5.41, 5.74) is 2.34. The van der Waals surface area contributed by atoms with Crippen LogP contribution in [0.15, 0.2) is 54.6 Å². The number of likely N-dealkylation sites (tertiary alicyclic amines) is 1. The maximum Gasteiger partial charge on any atom is 0.222 e. The van der Waals surface area contributed by atoms with Gasteiger partial charge in [0.25, 0.3) is 0 Å².